The molecule has 0 bridgehead atoms. The number of piperazine rings is 1. The zero-order valence-corrected chi connectivity index (χ0v) is 12.9. The molecule has 1 saturated heterocycles. The Bertz CT molecular complexity index is 562. The lowest BCUT2D eigenvalue weighted by Gasteiger charge is -2.33. The second kappa shape index (κ2) is 5.78. The van der Waals surface area contributed by atoms with Gasteiger partial charge in [-0.05, 0) is 19.1 Å². The van der Waals surface area contributed by atoms with Gasteiger partial charge >= 0.3 is 0 Å². The first-order valence-electron chi connectivity index (χ1n) is 5.85. The normalized spacial score (nSPS) is 17.7. The van der Waals surface area contributed by atoms with Gasteiger partial charge in [0.05, 0.1) is 0 Å². The zero-order chi connectivity index (χ0) is 14.0. The number of hydrogen-bond acceptors (Lipinski definition) is 4. The minimum absolute atomic E-state index is 0.0587. The second-order valence-electron chi connectivity index (χ2n) is 4.28. The molecule has 5 nitrogen and oxygen atoms in total. The van der Waals surface area contributed by atoms with E-state index in [1.54, 1.807) is 17.0 Å². The van der Waals surface area contributed by atoms with Crippen molar-refractivity contribution in [2.24, 2.45) is 0 Å². The van der Waals surface area contributed by atoms with Crippen LogP contribution in [0.3, 0.4) is 0 Å². The Hall–Kier alpha value is -0.630. The predicted octanol–water partition coefficient (Wildman–Crippen LogP) is 1.13. The maximum Gasteiger partial charge on any atom is 0.252 e. The van der Waals surface area contributed by atoms with Crippen molar-refractivity contribution in [1.29, 1.82) is 0 Å². The molecule has 0 N–H and O–H groups in total. The average Bonchev–Trinajstić information content (AvgIpc) is 2.85. The first-order valence-corrected chi connectivity index (χ1v) is 8.64. The zero-order valence-electron chi connectivity index (χ0n) is 10.5. The molecule has 0 atom stereocenters. The highest BCUT2D eigenvalue weighted by Crippen LogP contribution is 2.25. The molecule has 8 heteroatoms. The Morgan fingerprint density at radius 1 is 1.32 bits per heavy atom. The van der Waals surface area contributed by atoms with Crippen molar-refractivity contribution >= 4 is 38.9 Å². The molecule has 0 aromatic carbocycles. The summed E-state index contributed by atoms with van der Waals surface area (Å²) in [7, 11) is -3.42. The number of nitrogens with zero attached hydrogens (tertiary/aromatic N) is 2. The summed E-state index contributed by atoms with van der Waals surface area (Å²) in [4.78, 5) is 14.0. The molecule has 0 saturated carbocycles. The van der Waals surface area contributed by atoms with E-state index >= 15 is 0 Å². The first-order chi connectivity index (χ1) is 8.95. The summed E-state index contributed by atoms with van der Waals surface area (Å²) in [5, 5.41) is 0. The number of aryl methyl sites for hydroxylation is 1. The number of thiophene rings is 1. The number of hydrogen-bond donors (Lipinski definition) is 0. The fourth-order valence-electron chi connectivity index (χ4n) is 1.94. The average molecular weight is 323 g/mol. The van der Waals surface area contributed by atoms with Crippen LogP contribution in [-0.4, -0.2) is 55.6 Å². The highest BCUT2D eigenvalue weighted by Gasteiger charge is 2.30. The van der Waals surface area contributed by atoms with Crippen molar-refractivity contribution in [3.8, 4) is 0 Å². The van der Waals surface area contributed by atoms with Gasteiger partial charge in [-0.1, -0.05) is 0 Å². The largest absolute Gasteiger partial charge is 0.339 e. The van der Waals surface area contributed by atoms with Crippen LogP contribution in [0.15, 0.2) is 16.3 Å². The van der Waals surface area contributed by atoms with Crippen LogP contribution in [0.4, 0.5) is 0 Å². The molecule has 0 spiro atoms. The summed E-state index contributed by atoms with van der Waals surface area (Å²) >= 11 is 6.76. The van der Waals surface area contributed by atoms with E-state index in [1.165, 1.54) is 15.6 Å². The Kier molecular flexibility index (Phi) is 4.50. The van der Waals surface area contributed by atoms with Gasteiger partial charge in [0, 0.05) is 31.1 Å². The number of carbonyl (C=O) groups excluding carboxylic acids is 1. The molecule has 0 aliphatic carbocycles. The third-order valence-corrected chi connectivity index (χ3v) is 6.61. The maximum atomic E-state index is 12.4. The lowest BCUT2D eigenvalue weighted by atomic mass is 10.3. The van der Waals surface area contributed by atoms with Crippen LogP contribution in [0.25, 0.3) is 0 Å². The van der Waals surface area contributed by atoms with Gasteiger partial charge in [0.15, 0.2) is 0 Å². The number of rotatable bonds is 3. The third kappa shape index (κ3) is 3.10. The van der Waals surface area contributed by atoms with Crippen LogP contribution in [0, 0.1) is 6.92 Å². The molecule has 2 rings (SSSR count). The van der Waals surface area contributed by atoms with Crippen molar-refractivity contribution in [3.63, 3.8) is 0 Å². The standard InChI is InChI=1S/C11H15ClN2O3S2/c1-9-2-3-11(18-9)19(16,17)14-6-4-13(5-7-14)10(15)8-12/h2-3H,4-8H2,1H3. The van der Waals surface area contributed by atoms with Crippen LogP contribution < -0.4 is 0 Å². The minimum Gasteiger partial charge on any atom is -0.339 e. The summed E-state index contributed by atoms with van der Waals surface area (Å²) in [5.41, 5.74) is 0. The molecule has 1 aromatic heterocycles. The second-order valence-corrected chi connectivity index (χ2v) is 8.00. The van der Waals surface area contributed by atoms with Gasteiger partial charge < -0.3 is 4.90 Å². The Morgan fingerprint density at radius 3 is 2.42 bits per heavy atom. The lowest BCUT2D eigenvalue weighted by Crippen LogP contribution is -2.50. The molecular weight excluding hydrogens is 308 g/mol. The topological polar surface area (TPSA) is 57.7 Å². The summed E-state index contributed by atoms with van der Waals surface area (Å²) in [6, 6.07) is 3.43. The molecule has 19 heavy (non-hydrogen) atoms. The van der Waals surface area contributed by atoms with Crippen molar-refractivity contribution in [1.82, 2.24) is 9.21 Å². The number of alkyl halides is 1. The molecule has 1 aliphatic rings. The molecule has 2 heterocycles. The van der Waals surface area contributed by atoms with Crippen LogP contribution >= 0.6 is 22.9 Å². The molecular formula is C11H15ClN2O3S2. The third-order valence-electron chi connectivity index (χ3n) is 3.02. The van der Waals surface area contributed by atoms with E-state index < -0.39 is 10.0 Å². The van der Waals surface area contributed by atoms with Gasteiger partial charge in [-0.25, -0.2) is 8.42 Å². The van der Waals surface area contributed by atoms with Gasteiger partial charge in [0.25, 0.3) is 10.0 Å². The van der Waals surface area contributed by atoms with Crippen molar-refractivity contribution in [2.75, 3.05) is 32.1 Å². The number of sulfonamides is 1. The monoisotopic (exact) mass is 322 g/mol. The Balaban J connectivity index is 2.07. The lowest BCUT2D eigenvalue weighted by molar-refractivity contribution is -0.129. The molecule has 106 valence electrons. The van der Waals surface area contributed by atoms with Crippen molar-refractivity contribution in [2.45, 2.75) is 11.1 Å². The van der Waals surface area contributed by atoms with Crippen LogP contribution in [0.2, 0.25) is 0 Å². The Labute approximate surface area is 121 Å². The molecule has 0 radical (unpaired) electrons. The van der Waals surface area contributed by atoms with Gasteiger partial charge in [-0.2, -0.15) is 4.31 Å². The van der Waals surface area contributed by atoms with E-state index in [4.69, 9.17) is 11.6 Å². The number of halogens is 1. The Morgan fingerprint density at radius 2 is 1.95 bits per heavy atom. The van der Waals surface area contributed by atoms with Gasteiger partial charge in [0.1, 0.15) is 10.1 Å². The van der Waals surface area contributed by atoms with E-state index in [0.29, 0.717) is 30.4 Å². The molecule has 1 amide bonds. The molecule has 1 fully saturated rings. The van der Waals surface area contributed by atoms with E-state index in [2.05, 4.69) is 0 Å². The number of carbonyl (C=O) groups is 1. The van der Waals surface area contributed by atoms with Crippen LogP contribution in [0.1, 0.15) is 4.88 Å². The molecule has 1 aliphatic heterocycles. The van der Waals surface area contributed by atoms with Crippen molar-refractivity contribution in [3.05, 3.63) is 17.0 Å². The predicted molar refractivity (Wildman–Crippen MR) is 75.1 cm³/mol. The molecule has 1 aromatic rings. The minimum atomic E-state index is -3.42. The van der Waals surface area contributed by atoms with Crippen molar-refractivity contribution < 1.29 is 13.2 Å². The SMILES string of the molecule is Cc1ccc(S(=O)(=O)N2CCN(C(=O)CCl)CC2)s1. The summed E-state index contributed by atoms with van der Waals surface area (Å²) in [6.45, 7) is 3.31. The van der Waals surface area contributed by atoms with Crippen LogP contribution in [0.5, 0.6) is 0 Å². The molecule has 0 unspecified atom stereocenters. The maximum absolute atomic E-state index is 12.4. The fourth-order valence-corrected chi connectivity index (χ4v) is 4.97. The quantitative estimate of drug-likeness (QED) is 0.784. The summed E-state index contributed by atoms with van der Waals surface area (Å²) in [6.07, 6.45) is 0. The number of amides is 1. The summed E-state index contributed by atoms with van der Waals surface area (Å²) in [5.74, 6) is -0.206. The van der Waals surface area contributed by atoms with E-state index in [9.17, 15) is 13.2 Å². The first kappa shape index (κ1) is 14.8. The van der Waals surface area contributed by atoms with E-state index in [1.807, 2.05) is 6.92 Å². The van der Waals surface area contributed by atoms with E-state index in [0.717, 1.165) is 4.88 Å². The smallest absolute Gasteiger partial charge is 0.252 e. The van der Waals surface area contributed by atoms with Gasteiger partial charge in [-0.3, -0.25) is 4.79 Å². The fraction of sp³-hybridized carbons (Fsp3) is 0.545. The summed E-state index contributed by atoms with van der Waals surface area (Å²) < 4.78 is 26.5. The highest BCUT2D eigenvalue weighted by atomic mass is 35.5. The van der Waals surface area contributed by atoms with Gasteiger partial charge in [-0.15, -0.1) is 22.9 Å². The van der Waals surface area contributed by atoms with Gasteiger partial charge in [0.2, 0.25) is 5.91 Å². The van der Waals surface area contributed by atoms with E-state index in [-0.39, 0.29) is 11.8 Å². The highest BCUT2D eigenvalue weighted by molar-refractivity contribution is 7.91. The van der Waals surface area contributed by atoms with Crippen LogP contribution in [-0.2, 0) is 14.8 Å².